The van der Waals surface area contributed by atoms with E-state index in [-0.39, 0.29) is 6.04 Å². The van der Waals surface area contributed by atoms with Gasteiger partial charge in [-0.15, -0.1) is 0 Å². The van der Waals surface area contributed by atoms with E-state index in [0.29, 0.717) is 12.3 Å². The molecule has 4 nitrogen and oxygen atoms in total. The number of hydrogen-bond donors (Lipinski definition) is 3. The lowest BCUT2D eigenvalue weighted by molar-refractivity contribution is -0.138. The van der Waals surface area contributed by atoms with Crippen LogP contribution >= 0.6 is 0 Å². The van der Waals surface area contributed by atoms with Crippen LogP contribution in [0.3, 0.4) is 0 Å². The van der Waals surface area contributed by atoms with Crippen molar-refractivity contribution < 1.29 is 9.90 Å². The van der Waals surface area contributed by atoms with Crippen LogP contribution in [-0.2, 0) is 4.79 Å². The van der Waals surface area contributed by atoms with Crippen LogP contribution in [0.1, 0.15) is 39.5 Å². The number of hydrogen-bond acceptors (Lipinski definition) is 3. The molecule has 0 aromatic carbocycles. The van der Waals surface area contributed by atoms with Crippen molar-refractivity contribution in [2.45, 2.75) is 51.6 Å². The van der Waals surface area contributed by atoms with Gasteiger partial charge in [0.1, 0.15) is 6.04 Å². The zero-order valence-electron chi connectivity index (χ0n) is 9.07. The molecule has 14 heavy (non-hydrogen) atoms. The monoisotopic (exact) mass is 202 g/mol. The number of aliphatic carboxylic acids is 1. The number of carbonyl (C=O) groups is 1. The molecule has 0 saturated carbocycles. The summed E-state index contributed by atoms with van der Waals surface area (Å²) in [6, 6.07) is -0.558. The molecule has 0 radical (unpaired) electrons. The fourth-order valence-corrected chi connectivity index (χ4v) is 1.45. The summed E-state index contributed by atoms with van der Waals surface area (Å²) < 4.78 is 0. The molecule has 0 bridgehead atoms. The second kappa shape index (κ2) is 6.79. The van der Waals surface area contributed by atoms with Crippen LogP contribution in [0.2, 0.25) is 0 Å². The fraction of sp³-hybridized carbons (Fsp3) is 0.900. The highest BCUT2D eigenvalue weighted by Crippen LogP contribution is 2.09. The van der Waals surface area contributed by atoms with Gasteiger partial charge in [0.15, 0.2) is 0 Å². The van der Waals surface area contributed by atoms with Gasteiger partial charge in [0.05, 0.1) is 0 Å². The molecule has 0 aliphatic heterocycles. The molecule has 84 valence electrons. The van der Waals surface area contributed by atoms with Crippen molar-refractivity contribution in [2.24, 2.45) is 17.4 Å². The van der Waals surface area contributed by atoms with E-state index in [1.807, 2.05) is 0 Å². The van der Waals surface area contributed by atoms with E-state index in [4.69, 9.17) is 16.6 Å². The molecular weight excluding hydrogens is 180 g/mol. The molecular formula is C10H22N2O2. The van der Waals surface area contributed by atoms with Crippen LogP contribution in [0.5, 0.6) is 0 Å². The summed E-state index contributed by atoms with van der Waals surface area (Å²) in [5.74, 6) is -0.333. The van der Waals surface area contributed by atoms with Gasteiger partial charge in [-0.3, -0.25) is 4.79 Å². The molecule has 0 aliphatic rings. The quantitative estimate of drug-likeness (QED) is 0.573. The average molecular weight is 202 g/mol. The van der Waals surface area contributed by atoms with Gasteiger partial charge in [-0.1, -0.05) is 13.8 Å². The SMILES string of the molecule is CC(C)CC(N)CCCC(N)C(=O)O. The summed E-state index contributed by atoms with van der Waals surface area (Å²) in [6.45, 7) is 4.26. The highest BCUT2D eigenvalue weighted by Gasteiger charge is 2.12. The number of rotatable bonds is 7. The van der Waals surface area contributed by atoms with Crippen LogP contribution in [0.25, 0.3) is 0 Å². The Kier molecular flexibility index (Phi) is 6.49. The van der Waals surface area contributed by atoms with E-state index in [1.54, 1.807) is 0 Å². The molecule has 0 aromatic heterocycles. The lowest BCUT2D eigenvalue weighted by Gasteiger charge is -2.14. The van der Waals surface area contributed by atoms with Crippen molar-refractivity contribution in [1.29, 1.82) is 0 Å². The van der Waals surface area contributed by atoms with Crippen LogP contribution in [-0.4, -0.2) is 23.2 Å². The van der Waals surface area contributed by atoms with Crippen LogP contribution in [0, 0.1) is 5.92 Å². The highest BCUT2D eigenvalue weighted by molar-refractivity contribution is 5.72. The first-order chi connectivity index (χ1) is 6.43. The largest absolute Gasteiger partial charge is 0.480 e. The van der Waals surface area contributed by atoms with Gasteiger partial charge < -0.3 is 16.6 Å². The van der Waals surface area contributed by atoms with Gasteiger partial charge >= 0.3 is 5.97 Å². The Hall–Kier alpha value is -0.610. The Morgan fingerprint density at radius 2 is 1.86 bits per heavy atom. The zero-order valence-corrected chi connectivity index (χ0v) is 9.07. The normalized spacial score (nSPS) is 15.5. The average Bonchev–Trinajstić information content (AvgIpc) is 2.02. The van der Waals surface area contributed by atoms with Gasteiger partial charge in [-0.25, -0.2) is 0 Å². The molecule has 4 heteroatoms. The van der Waals surface area contributed by atoms with E-state index in [2.05, 4.69) is 13.8 Å². The standard InChI is InChI=1S/C10H22N2O2/c1-7(2)6-8(11)4-3-5-9(12)10(13)14/h7-9H,3-6,11-12H2,1-2H3,(H,13,14). The minimum atomic E-state index is -0.928. The Morgan fingerprint density at radius 3 is 2.29 bits per heavy atom. The molecule has 0 rings (SSSR count). The van der Waals surface area contributed by atoms with Gasteiger partial charge in [-0.2, -0.15) is 0 Å². The van der Waals surface area contributed by atoms with Crippen molar-refractivity contribution in [1.82, 2.24) is 0 Å². The summed E-state index contributed by atoms with van der Waals surface area (Å²) in [7, 11) is 0. The Labute approximate surface area is 85.7 Å². The number of nitrogens with two attached hydrogens (primary N) is 2. The third-order valence-corrected chi connectivity index (χ3v) is 2.18. The van der Waals surface area contributed by atoms with Crippen LogP contribution in [0.4, 0.5) is 0 Å². The maximum atomic E-state index is 10.4. The summed E-state index contributed by atoms with van der Waals surface area (Å²) in [6.07, 6.45) is 3.16. The molecule has 0 aromatic rings. The van der Waals surface area contributed by atoms with Crippen molar-refractivity contribution in [3.05, 3.63) is 0 Å². The molecule has 0 heterocycles. The predicted octanol–water partition coefficient (Wildman–Crippen LogP) is 0.942. The first-order valence-corrected chi connectivity index (χ1v) is 5.17. The molecule has 0 saturated heterocycles. The summed E-state index contributed by atoms with van der Waals surface area (Å²) >= 11 is 0. The molecule has 2 atom stereocenters. The molecule has 0 aliphatic carbocycles. The van der Waals surface area contributed by atoms with Gasteiger partial charge in [0.25, 0.3) is 0 Å². The maximum Gasteiger partial charge on any atom is 0.320 e. The lowest BCUT2D eigenvalue weighted by Crippen LogP contribution is -2.30. The summed E-state index contributed by atoms with van der Waals surface area (Å²) in [4.78, 5) is 10.4. The van der Waals surface area contributed by atoms with Crippen molar-refractivity contribution in [2.75, 3.05) is 0 Å². The smallest absolute Gasteiger partial charge is 0.320 e. The second-order valence-electron chi connectivity index (χ2n) is 4.27. The fourth-order valence-electron chi connectivity index (χ4n) is 1.45. The first-order valence-electron chi connectivity index (χ1n) is 5.17. The lowest BCUT2D eigenvalue weighted by atomic mass is 9.99. The van der Waals surface area contributed by atoms with E-state index < -0.39 is 12.0 Å². The summed E-state index contributed by atoms with van der Waals surface area (Å²) in [5.41, 5.74) is 11.2. The number of carboxylic acid groups (broad SMARTS) is 1. The van der Waals surface area contributed by atoms with E-state index in [0.717, 1.165) is 19.3 Å². The molecule has 0 amide bonds. The minimum absolute atomic E-state index is 0.177. The van der Waals surface area contributed by atoms with E-state index in [1.165, 1.54) is 0 Å². The Bertz CT molecular complexity index is 172. The second-order valence-corrected chi connectivity index (χ2v) is 4.27. The molecule has 5 N–H and O–H groups in total. The Balaban J connectivity index is 3.48. The highest BCUT2D eigenvalue weighted by atomic mass is 16.4. The molecule has 0 fully saturated rings. The van der Waals surface area contributed by atoms with Crippen LogP contribution < -0.4 is 11.5 Å². The summed E-state index contributed by atoms with van der Waals surface area (Å²) in [5, 5.41) is 8.54. The van der Waals surface area contributed by atoms with Crippen molar-refractivity contribution in [3.63, 3.8) is 0 Å². The predicted molar refractivity (Wildman–Crippen MR) is 56.9 cm³/mol. The van der Waals surface area contributed by atoms with Gasteiger partial charge in [0, 0.05) is 6.04 Å². The minimum Gasteiger partial charge on any atom is -0.480 e. The maximum absolute atomic E-state index is 10.4. The zero-order chi connectivity index (χ0) is 11.1. The van der Waals surface area contributed by atoms with Gasteiger partial charge in [-0.05, 0) is 31.6 Å². The van der Waals surface area contributed by atoms with E-state index >= 15 is 0 Å². The Morgan fingerprint density at radius 1 is 1.29 bits per heavy atom. The molecule has 0 spiro atoms. The van der Waals surface area contributed by atoms with Crippen LogP contribution in [0.15, 0.2) is 0 Å². The van der Waals surface area contributed by atoms with Gasteiger partial charge in [0.2, 0.25) is 0 Å². The van der Waals surface area contributed by atoms with Crippen molar-refractivity contribution in [3.8, 4) is 0 Å². The number of carboxylic acids is 1. The third kappa shape index (κ3) is 6.86. The third-order valence-electron chi connectivity index (χ3n) is 2.18. The molecule has 2 unspecified atom stereocenters. The van der Waals surface area contributed by atoms with E-state index in [9.17, 15) is 4.79 Å². The van der Waals surface area contributed by atoms with Crippen molar-refractivity contribution >= 4 is 5.97 Å². The topological polar surface area (TPSA) is 89.3 Å². The first kappa shape index (κ1) is 13.4.